The minimum absolute atomic E-state index is 0.195. The lowest BCUT2D eigenvalue weighted by molar-refractivity contribution is -0.182. The van der Waals surface area contributed by atoms with E-state index in [0.717, 1.165) is 19.3 Å². The number of benzene rings is 1. The summed E-state index contributed by atoms with van der Waals surface area (Å²) in [4.78, 5) is 4.12. The summed E-state index contributed by atoms with van der Waals surface area (Å²) in [6.07, 6.45) is 8.55. The minimum atomic E-state index is -0.537. The van der Waals surface area contributed by atoms with Crippen molar-refractivity contribution in [2.45, 2.75) is 51.5 Å². The second-order valence-electron chi connectivity index (χ2n) is 6.09. The van der Waals surface area contributed by atoms with Crippen molar-refractivity contribution in [3.63, 3.8) is 0 Å². The molecule has 1 aliphatic heterocycles. The summed E-state index contributed by atoms with van der Waals surface area (Å²) in [6.45, 7) is 5.64. The zero-order valence-corrected chi connectivity index (χ0v) is 13.4. The van der Waals surface area contributed by atoms with Crippen LogP contribution in [0.1, 0.15) is 30.9 Å². The van der Waals surface area contributed by atoms with Gasteiger partial charge in [-0.05, 0) is 25.3 Å². The number of imidazole rings is 1. The van der Waals surface area contributed by atoms with Crippen molar-refractivity contribution >= 4 is 0 Å². The number of hydrogen-bond donors (Lipinski definition) is 0. The lowest BCUT2D eigenvalue weighted by Gasteiger charge is -2.28. The molecule has 1 saturated heterocycles. The predicted molar refractivity (Wildman–Crippen MR) is 85.6 cm³/mol. The molecule has 0 amide bonds. The van der Waals surface area contributed by atoms with E-state index in [-0.39, 0.29) is 6.10 Å². The lowest BCUT2D eigenvalue weighted by atomic mass is 10.0. The van der Waals surface area contributed by atoms with Gasteiger partial charge in [-0.15, -0.1) is 0 Å². The van der Waals surface area contributed by atoms with Gasteiger partial charge in [0, 0.05) is 18.8 Å². The summed E-state index contributed by atoms with van der Waals surface area (Å²) >= 11 is 0. The molecule has 1 fully saturated rings. The van der Waals surface area contributed by atoms with E-state index < -0.39 is 5.79 Å². The summed E-state index contributed by atoms with van der Waals surface area (Å²) in [5.41, 5.74) is 2.62. The van der Waals surface area contributed by atoms with Gasteiger partial charge in [0.05, 0.1) is 25.6 Å². The topological polar surface area (TPSA) is 36.3 Å². The van der Waals surface area contributed by atoms with Crippen molar-refractivity contribution in [2.24, 2.45) is 0 Å². The Morgan fingerprint density at radius 2 is 2.32 bits per heavy atom. The molecule has 2 aromatic rings. The smallest absolute Gasteiger partial charge is 0.187 e. The largest absolute Gasteiger partial charge is 0.345 e. The van der Waals surface area contributed by atoms with Crippen LogP contribution >= 0.6 is 0 Å². The first kappa shape index (κ1) is 15.3. The molecule has 4 heteroatoms. The minimum Gasteiger partial charge on any atom is -0.345 e. The maximum atomic E-state index is 6.25. The summed E-state index contributed by atoms with van der Waals surface area (Å²) in [7, 11) is 0. The van der Waals surface area contributed by atoms with Crippen LogP contribution in [-0.4, -0.2) is 28.0 Å². The fraction of sp³-hybridized carbons (Fsp3) is 0.500. The molecule has 2 atom stereocenters. The van der Waals surface area contributed by atoms with Crippen LogP contribution in [0.3, 0.4) is 0 Å². The second kappa shape index (κ2) is 6.63. The van der Waals surface area contributed by atoms with Crippen molar-refractivity contribution in [1.29, 1.82) is 0 Å². The van der Waals surface area contributed by atoms with Gasteiger partial charge in [0.2, 0.25) is 0 Å². The van der Waals surface area contributed by atoms with Gasteiger partial charge in [0.1, 0.15) is 0 Å². The average molecular weight is 300 g/mol. The third-order valence-electron chi connectivity index (χ3n) is 4.23. The molecule has 0 aliphatic carbocycles. The van der Waals surface area contributed by atoms with Crippen molar-refractivity contribution < 1.29 is 9.47 Å². The fourth-order valence-corrected chi connectivity index (χ4v) is 2.97. The predicted octanol–water partition coefficient (Wildman–Crippen LogP) is 3.35. The zero-order chi connectivity index (χ0) is 15.4. The molecule has 2 unspecified atom stereocenters. The average Bonchev–Trinajstić information content (AvgIpc) is 3.16. The third kappa shape index (κ3) is 3.57. The molecule has 0 bridgehead atoms. The molecule has 0 N–H and O–H groups in total. The van der Waals surface area contributed by atoms with Crippen LogP contribution in [-0.2, 0) is 22.4 Å². The number of aryl methyl sites for hydroxylation is 2. The van der Waals surface area contributed by atoms with E-state index >= 15 is 0 Å². The van der Waals surface area contributed by atoms with Gasteiger partial charge in [-0.1, -0.05) is 36.8 Å². The lowest BCUT2D eigenvalue weighted by Crippen LogP contribution is -2.36. The molecule has 2 heterocycles. The molecule has 1 aromatic carbocycles. The summed E-state index contributed by atoms with van der Waals surface area (Å²) in [5.74, 6) is -0.537. The highest BCUT2D eigenvalue weighted by molar-refractivity contribution is 5.22. The summed E-state index contributed by atoms with van der Waals surface area (Å²) in [5, 5.41) is 0. The van der Waals surface area contributed by atoms with Gasteiger partial charge < -0.3 is 14.0 Å². The van der Waals surface area contributed by atoms with Crippen LogP contribution in [0.2, 0.25) is 0 Å². The van der Waals surface area contributed by atoms with Crippen LogP contribution in [0.25, 0.3) is 0 Å². The fourth-order valence-electron chi connectivity index (χ4n) is 2.97. The van der Waals surface area contributed by atoms with Crippen molar-refractivity contribution in [2.75, 3.05) is 6.61 Å². The number of ether oxygens (including phenoxy) is 2. The van der Waals surface area contributed by atoms with E-state index in [1.54, 1.807) is 6.20 Å². The molecule has 0 radical (unpaired) electrons. The Morgan fingerprint density at radius 3 is 3.00 bits per heavy atom. The Morgan fingerprint density at radius 1 is 1.41 bits per heavy atom. The van der Waals surface area contributed by atoms with E-state index in [9.17, 15) is 0 Å². The highest BCUT2D eigenvalue weighted by Gasteiger charge is 2.40. The monoisotopic (exact) mass is 300 g/mol. The molecular formula is C18H24N2O2. The molecule has 0 saturated carbocycles. The molecule has 1 aliphatic rings. The number of nitrogens with zero attached hydrogens (tertiary/aromatic N) is 2. The molecular weight excluding hydrogens is 276 g/mol. The number of rotatable bonds is 6. The zero-order valence-electron chi connectivity index (χ0n) is 13.4. The van der Waals surface area contributed by atoms with Gasteiger partial charge >= 0.3 is 0 Å². The van der Waals surface area contributed by atoms with Crippen LogP contribution in [0, 0.1) is 6.92 Å². The molecule has 0 spiro atoms. The molecule has 3 rings (SSSR count). The SMILES string of the molecule is CCC1COC(CCc2cccc(C)c2)(Cn2ccnc2)O1. The van der Waals surface area contributed by atoms with Crippen molar-refractivity contribution in [3.05, 3.63) is 54.1 Å². The van der Waals surface area contributed by atoms with Gasteiger partial charge in [0.25, 0.3) is 0 Å². The van der Waals surface area contributed by atoms with Crippen molar-refractivity contribution in [1.82, 2.24) is 9.55 Å². The third-order valence-corrected chi connectivity index (χ3v) is 4.23. The van der Waals surface area contributed by atoms with Gasteiger partial charge in [-0.3, -0.25) is 0 Å². The molecule has 22 heavy (non-hydrogen) atoms. The normalized spacial score (nSPS) is 24.7. The van der Waals surface area contributed by atoms with E-state index in [1.807, 2.05) is 17.1 Å². The maximum Gasteiger partial charge on any atom is 0.187 e. The van der Waals surface area contributed by atoms with Gasteiger partial charge in [-0.25, -0.2) is 4.98 Å². The quantitative estimate of drug-likeness (QED) is 0.821. The Labute approximate surface area is 132 Å². The Bertz CT molecular complexity index is 597. The highest BCUT2D eigenvalue weighted by atomic mass is 16.7. The van der Waals surface area contributed by atoms with Crippen LogP contribution in [0.4, 0.5) is 0 Å². The Balaban J connectivity index is 1.71. The first-order valence-corrected chi connectivity index (χ1v) is 8.02. The van der Waals surface area contributed by atoms with Gasteiger partial charge in [0.15, 0.2) is 5.79 Å². The molecule has 1 aromatic heterocycles. The van der Waals surface area contributed by atoms with E-state index in [0.29, 0.717) is 13.2 Å². The van der Waals surface area contributed by atoms with Crippen LogP contribution in [0.5, 0.6) is 0 Å². The summed E-state index contributed by atoms with van der Waals surface area (Å²) in [6, 6.07) is 8.64. The van der Waals surface area contributed by atoms with E-state index in [2.05, 4.69) is 43.1 Å². The van der Waals surface area contributed by atoms with Crippen LogP contribution < -0.4 is 0 Å². The molecule has 118 valence electrons. The van der Waals surface area contributed by atoms with Crippen molar-refractivity contribution in [3.8, 4) is 0 Å². The summed E-state index contributed by atoms with van der Waals surface area (Å²) < 4.78 is 14.4. The Kier molecular flexibility index (Phi) is 4.60. The maximum absolute atomic E-state index is 6.25. The van der Waals surface area contributed by atoms with E-state index in [1.165, 1.54) is 11.1 Å². The standard InChI is InChI=1S/C18H24N2O2/c1-3-17-12-21-18(22-17,13-20-10-9-19-14-20)8-7-16-6-4-5-15(2)11-16/h4-6,9-11,14,17H,3,7-8,12-13H2,1-2H3. The van der Waals surface area contributed by atoms with Gasteiger partial charge in [-0.2, -0.15) is 0 Å². The van der Waals surface area contributed by atoms with Crippen LogP contribution in [0.15, 0.2) is 43.0 Å². The number of aromatic nitrogens is 2. The second-order valence-corrected chi connectivity index (χ2v) is 6.09. The Hall–Kier alpha value is -1.65. The van der Waals surface area contributed by atoms with E-state index in [4.69, 9.17) is 9.47 Å². The first-order valence-electron chi connectivity index (χ1n) is 8.02. The first-order chi connectivity index (χ1) is 10.7. The molecule has 4 nitrogen and oxygen atoms in total. The number of hydrogen-bond acceptors (Lipinski definition) is 3. The highest BCUT2D eigenvalue weighted by Crippen LogP contribution is 2.31.